The summed E-state index contributed by atoms with van der Waals surface area (Å²) in [5, 5.41) is 16.8. The van der Waals surface area contributed by atoms with Crippen LogP contribution in [-0.4, -0.2) is 69.5 Å². The molecule has 45 heavy (non-hydrogen) atoms. The third-order valence-electron chi connectivity index (χ3n) is 9.78. The number of carbonyl (C=O) groups excluding carboxylic acids is 3. The molecule has 2 unspecified atom stereocenters. The Balaban J connectivity index is 1.31. The maximum absolute atomic E-state index is 14.5. The minimum absolute atomic E-state index is 0.0396. The number of nitrogens with zero attached hydrogens (tertiary/aromatic N) is 2. The second-order valence-corrected chi connectivity index (χ2v) is 13.8. The summed E-state index contributed by atoms with van der Waals surface area (Å²) in [6, 6.07) is 25.8. The predicted molar refractivity (Wildman–Crippen MR) is 179 cm³/mol. The number of fused-ring (bicyclic) bond motifs is 1. The summed E-state index contributed by atoms with van der Waals surface area (Å²) in [6.07, 6.45) is 1.84. The SMILES string of the molecule is CCN(CC)c1ccc(NC(=O)C2N([C@@H](CO)Cc3ccccc3)C(=O)[C@@H]3[C@H](C(=O)NCc4ccccc4)[C@@H]4CCC23S4)cc1. The van der Waals surface area contributed by atoms with Gasteiger partial charge in [-0.2, -0.15) is 0 Å². The van der Waals surface area contributed by atoms with Crippen molar-refractivity contribution in [2.45, 2.75) is 61.7 Å². The van der Waals surface area contributed by atoms with Crippen molar-refractivity contribution in [1.29, 1.82) is 0 Å². The Morgan fingerprint density at radius 1 is 0.956 bits per heavy atom. The smallest absolute Gasteiger partial charge is 0.248 e. The van der Waals surface area contributed by atoms with Crippen molar-refractivity contribution < 1.29 is 19.5 Å². The molecule has 0 radical (unpaired) electrons. The zero-order valence-electron chi connectivity index (χ0n) is 25.9. The molecule has 3 aliphatic rings. The average molecular weight is 627 g/mol. The van der Waals surface area contributed by atoms with Crippen LogP contribution in [-0.2, 0) is 27.3 Å². The van der Waals surface area contributed by atoms with Gasteiger partial charge in [-0.25, -0.2) is 0 Å². The van der Waals surface area contributed by atoms with E-state index in [1.165, 1.54) is 0 Å². The quantitative estimate of drug-likeness (QED) is 0.274. The lowest BCUT2D eigenvalue weighted by Gasteiger charge is -2.37. The Kier molecular flexibility index (Phi) is 9.19. The first kappa shape index (κ1) is 31.2. The lowest BCUT2D eigenvalue weighted by atomic mass is 9.70. The van der Waals surface area contributed by atoms with Crippen LogP contribution < -0.4 is 15.5 Å². The van der Waals surface area contributed by atoms with Gasteiger partial charge in [0.2, 0.25) is 17.7 Å². The second kappa shape index (κ2) is 13.3. The van der Waals surface area contributed by atoms with Crippen molar-refractivity contribution >= 4 is 40.9 Å². The molecular weight excluding hydrogens is 584 g/mol. The molecule has 8 nitrogen and oxygen atoms in total. The number of amides is 3. The van der Waals surface area contributed by atoms with E-state index in [4.69, 9.17) is 0 Å². The first-order valence-corrected chi connectivity index (χ1v) is 16.9. The summed E-state index contributed by atoms with van der Waals surface area (Å²) in [7, 11) is 0. The first-order chi connectivity index (χ1) is 21.9. The van der Waals surface area contributed by atoms with E-state index in [-0.39, 0.29) is 29.6 Å². The number of benzene rings is 3. The highest BCUT2D eigenvalue weighted by atomic mass is 32.2. The van der Waals surface area contributed by atoms with E-state index in [1.807, 2.05) is 84.9 Å². The molecule has 3 aromatic rings. The Labute approximate surface area is 269 Å². The summed E-state index contributed by atoms with van der Waals surface area (Å²) >= 11 is 1.64. The van der Waals surface area contributed by atoms with Crippen molar-refractivity contribution in [3.63, 3.8) is 0 Å². The van der Waals surface area contributed by atoms with Gasteiger partial charge in [-0.3, -0.25) is 14.4 Å². The van der Waals surface area contributed by atoms with Gasteiger partial charge >= 0.3 is 0 Å². The third-order valence-corrected chi connectivity index (χ3v) is 11.7. The number of rotatable bonds is 12. The molecular formula is C36H42N4O4S. The predicted octanol–water partition coefficient (Wildman–Crippen LogP) is 4.48. The fourth-order valence-electron chi connectivity index (χ4n) is 7.68. The van der Waals surface area contributed by atoms with Gasteiger partial charge in [-0.15, -0.1) is 11.8 Å². The molecule has 9 heteroatoms. The van der Waals surface area contributed by atoms with Crippen molar-refractivity contribution in [2.24, 2.45) is 11.8 Å². The largest absolute Gasteiger partial charge is 0.394 e. The van der Waals surface area contributed by atoms with Crippen LogP contribution in [0.4, 0.5) is 11.4 Å². The molecule has 0 saturated carbocycles. The molecule has 3 heterocycles. The number of nitrogens with one attached hydrogen (secondary N) is 2. The van der Waals surface area contributed by atoms with Crippen molar-refractivity contribution in [1.82, 2.24) is 10.2 Å². The fraction of sp³-hybridized carbons (Fsp3) is 0.417. The molecule has 3 fully saturated rings. The van der Waals surface area contributed by atoms with Gasteiger partial charge in [-0.05, 0) is 68.5 Å². The summed E-state index contributed by atoms with van der Waals surface area (Å²) < 4.78 is -0.744. The summed E-state index contributed by atoms with van der Waals surface area (Å²) in [4.78, 5) is 46.6. The Morgan fingerprint density at radius 2 is 1.60 bits per heavy atom. The number of aliphatic hydroxyl groups is 1. The molecule has 6 rings (SSSR count). The maximum Gasteiger partial charge on any atom is 0.248 e. The van der Waals surface area contributed by atoms with Gasteiger partial charge in [0.25, 0.3) is 0 Å². The number of hydrogen-bond donors (Lipinski definition) is 3. The van der Waals surface area contributed by atoms with Crippen LogP contribution in [0, 0.1) is 11.8 Å². The van der Waals surface area contributed by atoms with E-state index in [2.05, 4.69) is 29.4 Å². The van der Waals surface area contributed by atoms with Crippen LogP contribution in [0.1, 0.15) is 37.8 Å². The standard InChI is InChI=1S/C36H42N4O4S/c1-3-39(4-2)27-17-15-26(16-18-27)38-34(43)32-36-20-19-29(45-36)30(33(42)37-22-25-13-9-6-10-14-25)31(36)35(44)40(32)28(23-41)21-24-11-7-5-8-12-24/h5-18,28-32,41H,3-4,19-23H2,1-2H3,(H,37,42)(H,38,43)/t28-,29+,30-,31+,32?,36?/m1/s1. The van der Waals surface area contributed by atoms with Crippen LogP contribution >= 0.6 is 11.8 Å². The van der Waals surface area contributed by atoms with Gasteiger partial charge in [0, 0.05) is 36.3 Å². The van der Waals surface area contributed by atoms with Gasteiger partial charge in [0.05, 0.1) is 29.2 Å². The molecule has 0 aliphatic carbocycles. The number of thioether (sulfide) groups is 1. The van der Waals surface area contributed by atoms with E-state index >= 15 is 0 Å². The minimum atomic E-state index is -0.819. The van der Waals surface area contributed by atoms with E-state index < -0.39 is 28.7 Å². The molecule has 1 spiro atoms. The highest BCUT2D eigenvalue weighted by Gasteiger charge is 2.74. The molecule has 3 aliphatic heterocycles. The van der Waals surface area contributed by atoms with Crippen molar-refractivity contribution in [3.8, 4) is 0 Å². The van der Waals surface area contributed by atoms with Gasteiger partial charge in [0.1, 0.15) is 6.04 Å². The first-order valence-electron chi connectivity index (χ1n) is 16.0. The molecule has 3 saturated heterocycles. The maximum atomic E-state index is 14.5. The highest BCUT2D eigenvalue weighted by molar-refractivity contribution is 8.02. The van der Waals surface area contributed by atoms with Crippen LogP contribution in [0.15, 0.2) is 84.9 Å². The normalized spacial score (nSPS) is 25.6. The fourth-order valence-corrected chi connectivity index (χ4v) is 9.88. The van der Waals surface area contributed by atoms with E-state index in [0.29, 0.717) is 25.1 Å². The third kappa shape index (κ3) is 5.84. The molecule has 3 amide bonds. The van der Waals surface area contributed by atoms with Crippen LogP contribution in [0.25, 0.3) is 0 Å². The highest BCUT2D eigenvalue weighted by Crippen LogP contribution is 2.66. The second-order valence-electron chi connectivity index (χ2n) is 12.2. The number of hydrogen-bond acceptors (Lipinski definition) is 6. The molecule has 6 atom stereocenters. The summed E-state index contributed by atoms with van der Waals surface area (Å²) in [5.74, 6) is -1.80. The Morgan fingerprint density at radius 3 is 2.22 bits per heavy atom. The number of likely N-dealkylation sites (tertiary alicyclic amines) is 1. The van der Waals surface area contributed by atoms with Crippen LogP contribution in [0.2, 0.25) is 0 Å². The zero-order valence-corrected chi connectivity index (χ0v) is 26.7. The van der Waals surface area contributed by atoms with Crippen molar-refractivity contribution in [3.05, 3.63) is 96.1 Å². The zero-order chi connectivity index (χ0) is 31.6. The molecule has 0 aromatic heterocycles. The minimum Gasteiger partial charge on any atom is -0.394 e. The van der Waals surface area contributed by atoms with E-state index in [1.54, 1.807) is 16.7 Å². The number of carbonyl (C=O) groups is 3. The van der Waals surface area contributed by atoms with Gasteiger partial charge in [0.15, 0.2) is 0 Å². The van der Waals surface area contributed by atoms with Gasteiger partial charge in [-0.1, -0.05) is 60.7 Å². The average Bonchev–Trinajstić information content (AvgIpc) is 3.72. The van der Waals surface area contributed by atoms with E-state index in [0.717, 1.165) is 36.3 Å². The van der Waals surface area contributed by atoms with E-state index in [9.17, 15) is 19.5 Å². The summed E-state index contributed by atoms with van der Waals surface area (Å²) in [5.41, 5.74) is 3.69. The molecule has 3 aromatic carbocycles. The number of aliphatic hydroxyl groups excluding tert-OH is 1. The molecule has 236 valence electrons. The topological polar surface area (TPSA) is 102 Å². The monoisotopic (exact) mass is 626 g/mol. The lowest BCUT2D eigenvalue weighted by molar-refractivity contribution is -0.142. The Hall–Kier alpha value is -3.82. The van der Waals surface area contributed by atoms with Crippen LogP contribution in [0.5, 0.6) is 0 Å². The molecule has 3 N–H and O–H groups in total. The summed E-state index contributed by atoms with van der Waals surface area (Å²) in [6.45, 7) is 6.08. The lowest BCUT2D eigenvalue weighted by Crippen LogP contribution is -2.55. The van der Waals surface area contributed by atoms with Gasteiger partial charge < -0.3 is 25.5 Å². The Bertz CT molecular complexity index is 1500. The van der Waals surface area contributed by atoms with Crippen LogP contribution in [0.3, 0.4) is 0 Å². The number of anilines is 2. The van der Waals surface area contributed by atoms with Crippen molar-refractivity contribution in [2.75, 3.05) is 29.9 Å². The molecule has 2 bridgehead atoms.